The van der Waals surface area contributed by atoms with E-state index in [1.165, 1.54) is 21.8 Å². The molecule has 0 aliphatic rings. The Kier molecular flexibility index (Phi) is 3.62. The number of fused-ring (bicyclic) bond motifs is 4. The molecular formula is C27H19N3. The van der Waals surface area contributed by atoms with Crippen LogP contribution in [0.5, 0.6) is 0 Å². The van der Waals surface area contributed by atoms with E-state index >= 15 is 0 Å². The van der Waals surface area contributed by atoms with Crippen LogP contribution in [0.15, 0.2) is 103 Å². The standard InChI is InChI=1S/C27H19N3/c28-23-9-5-6-19-14-17-24(29-27(19)23)18-12-15-20(16-13-18)30-25-10-3-1-7-21(25)22-8-2-4-11-26(22)30/h1-17H,28H2. The second-order valence-corrected chi connectivity index (χ2v) is 7.53. The highest BCUT2D eigenvalue weighted by molar-refractivity contribution is 6.09. The number of nitrogen functional groups attached to an aromatic ring is 1. The lowest BCUT2D eigenvalue weighted by atomic mass is 10.1. The maximum absolute atomic E-state index is 6.13. The van der Waals surface area contributed by atoms with Crippen LogP contribution in [-0.2, 0) is 0 Å². The number of rotatable bonds is 2. The normalized spacial score (nSPS) is 11.5. The summed E-state index contributed by atoms with van der Waals surface area (Å²) in [5, 5.41) is 3.59. The molecule has 0 saturated carbocycles. The van der Waals surface area contributed by atoms with Gasteiger partial charge in [-0.25, -0.2) is 4.98 Å². The Bertz CT molecular complexity index is 1490. The molecule has 3 heteroatoms. The van der Waals surface area contributed by atoms with E-state index in [0.29, 0.717) is 5.69 Å². The molecule has 0 saturated heterocycles. The van der Waals surface area contributed by atoms with Crippen molar-refractivity contribution >= 4 is 38.4 Å². The first-order chi connectivity index (χ1) is 14.8. The highest BCUT2D eigenvalue weighted by Crippen LogP contribution is 2.32. The number of pyridine rings is 1. The van der Waals surface area contributed by atoms with Gasteiger partial charge >= 0.3 is 0 Å². The fourth-order valence-electron chi connectivity index (χ4n) is 4.31. The van der Waals surface area contributed by atoms with Gasteiger partial charge < -0.3 is 10.3 Å². The van der Waals surface area contributed by atoms with Crippen molar-refractivity contribution in [3.05, 3.63) is 103 Å². The summed E-state index contributed by atoms with van der Waals surface area (Å²) in [5.41, 5.74) is 13.2. The Morgan fingerprint density at radius 2 is 1.27 bits per heavy atom. The molecule has 2 heterocycles. The van der Waals surface area contributed by atoms with Crippen molar-refractivity contribution in [1.82, 2.24) is 9.55 Å². The second-order valence-electron chi connectivity index (χ2n) is 7.53. The number of hydrogen-bond donors (Lipinski definition) is 1. The number of aromatic nitrogens is 2. The van der Waals surface area contributed by atoms with E-state index in [1.54, 1.807) is 0 Å². The molecule has 0 spiro atoms. The van der Waals surface area contributed by atoms with Gasteiger partial charge in [-0.2, -0.15) is 0 Å². The minimum atomic E-state index is 0.705. The quantitative estimate of drug-likeness (QED) is 0.342. The molecule has 0 atom stereocenters. The monoisotopic (exact) mass is 385 g/mol. The van der Waals surface area contributed by atoms with E-state index in [-0.39, 0.29) is 0 Å². The van der Waals surface area contributed by atoms with Crippen LogP contribution in [0.25, 0.3) is 49.7 Å². The van der Waals surface area contributed by atoms with Gasteiger partial charge in [-0.3, -0.25) is 0 Å². The molecule has 0 amide bonds. The van der Waals surface area contributed by atoms with Gasteiger partial charge in [0, 0.05) is 27.4 Å². The van der Waals surface area contributed by atoms with Crippen LogP contribution < -0.4 is 5.73 Å². The average molecular weight is 385 g/mol. The van der Waals surface area contributed by atoms with Crippen molar-refractivity contribution in [2.45, 2.75) is 0 Å². The fraction of sp³-hybridized carbons (Fsp3) is 0. The minimum Gasteiger partial charge on any atom is -0.397 e. The van der Waals surface area contributed by atoms with Crippen LogP contribution in [0.3, 0.4) is 0 Å². The number of nitrogens with zero attached hydrogens (tertiary/aromatic N) is 2. The Morgan fingerprint density at radius 1 is 0.600 bits per heavy atom. The topological polar surface area (TPSA) is 43.8 Å². The van der Waals surface area contributed by atoms with Gasteiger partial charge in [-0.15, -0.1) is 0 Å². The van der Waals surface area contributed by atoms with Crippen molar-refractivity contribution in [2.75, 3.05) is 5.73 Å². The van der Waals surface area contributed by atoms with Crippen LogP contribution in [0.1, 0.15) is 0 Å². The van der Waals surface area contributed by atoms with Gasteiger partial charge in [0.1, 0.15) is 0 Å². The molecule has 142 valence electrons. The molecule has 3 nitrogen and oxygen atoms in total. The van der Waals surface area contributed by atoms with Gasteiger partial charge in [-0.1, -0.05) is 66.7 Å². The number of para-hydroxylation sites is 3. The first kappa shape index (κ1) is 16.8. The zero-order chi connectivity index (χ0) is 20.1. The third-order valence-corrected chi connectivity index (χ3v) is 5.75. The summed E-state index contributed by atoms with van der Waals surface area (Å²) in [4.78, 5) is 4.81. The van der Waals surface area contributed by atoms with Crippen LogP contribution in [0, 0.1) is 0 Å². The van der Waals surface area contributed by atoms with Gasteiger partial charge in [0.15, 0.2) is 0 Å². The second kappa shape index (κ2) is 6.46. The highest BCUT2D eigenvalue weighted by atomic mass is 15.0. The zero-order valence-electron chi connectivity index (χ0n) is 16.3. The Hall–Kier alpha value is -4.11. The summed E-state index contributed by atoms with van der Waals surface area (Å²) >= 11 is 0. The lowest BCUT2D eigenvalue weighted by Gasteiger charge is -2.10. The van der Waals surface area contributed by atoms with E-state index in [1.807, 2.05) is 18.2 Å². The van der Waals surface area contributed by atoms with E-state index in [0.717, 1.165) is 27.8 Å². The van der Waals surface area contributed by atoms with Crippen molar-refractivity contribution in [1.29, 1.82) is 0 Å². The van der Waals surface area contributed by atoms with Crippen LogP contribution in [0.4, 0.5) is 5.69 Å². The molecule has 4 aromatic carbocycles. The Labute approximate surface area is 174 Å². The Balaban J connectivity index is 1.50. The average Bonchev–Trinajstić information content (AvgIpc) is 3.14. The van der Waals surface area contributed by atoms with E-state index < -0.39 is 0 Å². The van der Waals surface area contributed by atoms with Crippen LogP contribution in [-0.4, -0.2) is 9.55 Å². The van der Waals surface area contributed by atoms with Crippen LogP contribution >= 0.6 is 0 Å². The molecule has 0 bridgehead atoms. The zero-order valence-corrected chi connectivity index (χ0v) is 16.3. The number of benzene rings is 4. The third kappa shape index (κ3) is 2.49. The van der Waals surface area contributed by atoms with Gasteiger partial charge in [0.2, 0.25) is 0 Å². The lowest BCUT2D eigenvalue weighted by Crippen LogP contribution is -1.94. The highest BCUT2D eigenvalue weighted by Gasteiger charge is 2.11. The summed E-state index contributed by atoms with van der Waals surface area (Å²) in [7, 11) is 0. The summed E-state index contributed by atoms with van der Waals surface area (Å²) in [6.07, 6.45) is 0. The summed E-state index contributed by atoms with van der Waals surface area (Å²) in [6, 6.07) is 35.7. The van der Waals surface area contributed by atoms with Crippen molar-refractivity contribution < 1.29 is 0 Å². The molecule has 6 aromatic rings. The van der Waals surface area contributed by atoms with Gasteiger partial charge in [0.05, 0.1) is 27.9 Å². The molecule has 2 N–H and O–H groups in total. The summed E-state index contributed by atoms with van der Waals surface area (Å²) in [6.45, 7) is 0. The van der Waals surface area contributed by atoms with Crippen LogP contribution in [0.2, 0.25) is 0 Å². The molecule has 0 aliphatic heterocycles. The number of nitrogens with two attached hydrogens (primary N) is 1. The summed E-state index contributed by atoms with van der Waals surface area (Å²) in [5.74, 6) is 0. The molecule has 0 fully saturated rings. The molecule has 6 rings (SSSR count). The molecule has 2 aromatic heterocycles. The molecule has 30 heavy (non-hydrogen) atoms. The molecule has 0 unspecified atom stereocenters. The molecule has 0 radical (unpaired) electrons. The summed E-state index contributed by atoms with van der Waals surface area (Å²) < 4.78 is 2.32. The number of anilines is 1. The van der Waals surface area contributed by atoms with E-state index in [9.17, 15) is 0 Å². The minimum absolute atomic E-state index is 0.705. The first-order valence-corrected chi connectivity index (χ1v) is 10.0. The lowest BCUT2D eigenvalue weighted by molar-refractivity contribution is 1.18. The predicted molar refractivity (Wildman–Crippen MR) is 126 cm³/mol. The SMILES string of the molecule is Nc1cccc2ccc(-c3ccc(-n4c5ccccc5c5ccccc54)cc3)nc12. The van der Waals surface area contributed by atoms with Gasteiger partial charge in [0.25, 0.3) is 0 Å². The van der Waals surface area contributed by atoms with Crippen molar-refractivity contribution in [3.8, 4) is 16.9 Å². The Morgan fingerprint density at radius 3 is 1.97 bits per heavy atom. The first-order valence-electron chi connectivity index (χ1n) is 10.0. The maximum atomic E-state index is 6.13. The van der Waals surface area contributed by atoms with E-state index in [4.69, 9.17) is 10.7 Å². The van der Waals surface area contributed by atoms with E-state index in [2.05, 4.69) is 89.5 Å². The largest absolute Gasteiger partial charge is 0.397 e. The van der Waals surface area contributed by atoms with Crippen molar-refractivity contribution in [3.63, 3.8) is 0 Å². The maximum Gasteiger partial charge on any atom is 0.0938 e. The predicted octanol–water partition coefficient (Wildman–Crippen LogP) is 6.58. The number of hydrogen-bond acceptors (Lipinski definition) is 2. The fourth-order valence-corrected chi connectivity index (χ4v) is 4.31. The third-order valence-electron chi connectivity index (χ3n) is 5.75. The van der Waals surface area contributed by atoms with Gasteiger partial charge in [-0.05, 0) is 36.4 Å². The molecular weight excluding hydrogens is 366 g/mol. The van der Waals surface area contributed by atoms with Crippen molar-refractivity contribution in [2.24, 2.45) is 0 Å². The smallest absolute Gasteiger partial charge is 0.0938 e. The molecule has 0 aliphatic carbocycles.